The Labute approximate surface area is 85.3 Å². The minimum absolute atomic E-state index is 0.0146. The van der Waals surface area contributed by atoms with Crippen molar-refractivity contribution in [3.05, 3.63) is 17.8 Å². The Hall–Kier alpha value is -2.18. The normalized spacial score (nSPS) is 9.60. The van der Waals surface area contributed by atoms with Crippen LogP contribution in [0.4, 0.5) is 5.82 Å². The number of nitrogens with zero attached hydrogens (tertiary/aromatic N) is 2. The first-order valence-electron chi connectivity index (χ1n) is 4.19. The van der Waals surface area contributed by atoms with Crippen LogP contribution in [-0.2, 0) is 4.79 Å². The second kappa shape index (κ2) is 4.89. The maximum atomic E-state index is 10.6. The summed E-state index contributed by atoms with van der Waals surface area (Å²) in [6.45, 7) is 0.250. The van der Waals surface area contributed by atoms with Crippen LogP contribution in [-0.4, -0.2) is 33.7 Å². The van der Waals surface area contributed by atoms with Gasteiger partial charge in [-0.25, -0.2) is 0 Å². The van der Waals surface area contributed by atoms with Gasteiger partial charge in [0, 0.05) is 6.54 Å². The number of carboxylic acid groups (broad SMARTS) is 1. The van der Waals surface area contributed by atoms with Crippen LogP contribution in [0.15, 0.2) is 12.1 Å². The van der Waals surface area contributed by atoms with Crippen LogP contribution in [0.25, 0.3) is 0 Å². The smallest absolute Gasteiger partial charge is 0.305 e. The quantitative estimate of drug-likeness (QED) is 0.600. The van der Waals surface area contributed by atoms with Crippen LogP contribution in [0.5, 0.6) is 0 Å². The van der Waals surface area contributed by atoms with Gasteiger partial charge in [0.25, 0.3) is 5.91 Å². The van der Waals surface area contributed by atoms with Crippen molar-refractivity contribution in [3.8, 4) is 0 Å². The molecule has 1 rings (SSSR count). The van der Waals surface area contributed by atoms with Gasteiger partial charge < -0.3 is 16.2 Å². The Kier molecular flexibility index (Phi) is 3.55. The van der Waals surface area contributed by atoms with E-state index in [1.165, 1.54) is 12.1 Å². The number of carboxylic acids is 1. The van der Waals surface area contributed by atoms with Gasteiger partial charge in [-0.2, -0.15) is 0 Å². The number of hydrogen-bond acceptors (Lipinski definition) is 5. The molecule has 80 valence electrons. The molecule has 4 N–H and O–H groups in total. The number of carbonyl (C=O) groups excluding carboxylic acids is 1. The van der Waals surface area contributed by atoms with E-state index in [0.717, 1.165) is 0 Å². The molecule has 7 heteroatoms. The molecule has 0 spiro atoms. The summed E-state index contributed by atoms with van der Waals surface area (Å²) in [6, 6.07) is 2.92. The zero-order valence-electron chi connectivity index (χ0n) is 7.80. The SMILES string of the molecule is NC(=O)c1ccc(NCCC(=O)O)nn1. The molecule has 7 nitrogen and oxygen atoms in total. The van der Waals surface area contributed by atoms with Crippen LogP contribution in [0, 0.1) is 0 Å². The number of aliphatic carboxylic acids is 1. The molecule has 0 aliphatic rings. The minimum Gasteiger partial charge on any atom is -0.481 e. The number of hydrogen-bond donors (Lipinski definition) is 3. The molecule has 0 aliphatic heterocycles. The van der Waals surface area contributed by atoms with E-state index in [2.05, 4.69) is 15.5 Å². The predicted octanol–water partition coefficient (Wildman–Crippen LogP) is -0.538. The molecule has 0 radical (unpaired) electrons. The summed E-state index contributed by atoms with van der Waals surface area (Å²) in [7, 11) is 0. The maximum Gasteiger partial charge on any atom is 0.305 e. The molecule has 0 bridgehead atoms. The van der Waals surface area contributed by atoms with Crippen molar-refractivity contribution in [1.82, 2.24) is 10.2 Å². The topological polar surface area (TPSA) is 118 Å². The Morgan fingerprint density at radius 3 is 2.60 bits per heavy atom. The van der Waals surface area contributed by atoms with Crippen molar-refractivity contribution in [2.24, 2.45) is 5.73 Å². The van der Waals surface area contributed by atoms with Crippen molar-refractivity contribution in [2.75, 3.05) is 11.9 Å². The number of nitrogens with two attached hydrogens (primary N) is 1. The summed E-state index contributed by atoms with van der Waals surface area (Å²) < 4.78 is 0. The third-order valence-electron chi connectivity index (χ3n) is 1.56. The molecule has 0 saturated heterocycles. The van der Waals surface area contributed by atoms with Gasteiger partial charge in [-0.05, 0) is 12.1 Å². The second-order valence-electron chi connectivity index (χ2n) is 2.74. The first-order chi connectivity index (χ1) is 7.09. The van der Waals surface area contributed by atoms with Gasteiger partial charge in [0.05, 0.1) is 6.42 Å². The number of aromatic nitrogens is 2. The van der Waals surface area contributed by atoms with Crippen LogP contribution >= 0.6 is 0 Å². The molecule has 1 amide bonds. The third-order valence-corrected chi connectivity index (χ3v) is 1.56. The molecule has 15 heavy (non-hydrogen) atoms. The molecule has 1 aromatic rings. The summed E-state index contributed by atoms with van der Waals surface area (Å²) >= 11 is 0. The average Bonchev–Trinajstić information content (AvgIpc) is 2.18. The van der Waals surface area contributed by atoms with E-state index < -0.39 is 11.9 Å². The average molecular weight is 210 g/mol. The lowest BCUT2D eigenvalue weighted by molar-refractivity contribution is -0.136. The van der Waals surface area contributed by atoms with E-state index in [1.807, 2.05) is 0 Å². The standard InChI is InChI=1S/C8H10N4O3/c9-8(15)5-1-2-6(12-11-5)10-4-3-7(13)14/h1-2H,3-4H2,(H2,9,15)(H,10,12)(H,13,14). The highest BCUT2D eigenvalue weighted by Crippen LogP contribution is 2.01. The predicted molar refractivity (Wildman–Crippen MR) is 51.3 cm³/mol. The van der Waals surface area contributed by atoms with Gasteiger partial charge in [-0.3, -0.25) is 9.59 Å². The van der Waals surface area contributed by atoms with Crippen LogP contribution < -0.4 is 11.1 Å². The van der Waals surface area contributed by atoms with E-state index in [1.54, 1.807) is 0 Å². The number of carbonyl (C=O) groups is 2. The molecular formula is C8H10N4O3. The maximum absolute atomic E-state index is 10.6. The Morgan fingerprint density at radius 2 is 2.13 bits per heavy atom. The van der Waals surface area contributed by atoms with E-state index >= 15 is 0 Å². The summed E-state index contributed by atoms with van der Waals surface area (Å²) in [5.74, 6) is -1.15. The summed E-state index contributed by atoms with van der Waals surface area (Å²) in [5.41, 5.74) is 5.03. The fourth-order valence-corrected chi connectivity index (χ4v) is 0.855. The van der Waals surface area contributed by atoms with Gasteiger partial charge in [0.15, 0.2) is 5.69 Å². The van der Waals surface area contributed by atoms with Gasteiger partial charge >= 0.3 is 5.97 Å². The van der Waals surface area contributed by atoms with Crippen LogP contribution in [0.1, 0.15) is 16.9 Å². The number of rotatable bonds is 5. The number of nitrogens with one attached hydrogen (secondary N) is 1. The van der Waals surface area contributed by atoms with Gasteiger partial charge in [-0.15, -0.1) is 10.2 Å². The number of anilines is 1. The van der Waals surface area contributed by atoms with E-state index in [4.69, 9.17) is 10.8 Å². The molecule has 1 aromatic heterocycles. The summed E-state index contributed by atoms with van der Waals surface area (Å²) in [5, 5.41) is 18.3. The highest BCUT2D eigenvalue weighted by atomic mass is 16.4. The zero-order chi connectivity index (χ0) is 11.3. The van der Waals surface area contributed by atoms with Crippen LogP contribution in [0.2, 0.25) is 0 Å². The monoisotopic (exact) mass is 210 g/mol. The third kappa shape index (κ3) is 3.59. The first kappa shape index (κ1) is 10.9. The zero-order valence-corrected chi connectivity index (χ0v) is 7.80. The molecule has 1 heterocycles. The Morgan fingerprint density at radius 1 is 1.40 bits per heavy atom. The van der Waals surface area contributed by atoms with Crippen molar-refractivity contribution in [3.63, 3.8) is 0 Å². The van der Waals surface area contributed by atoms with Crippen molar-refractivity contribution < 1.29 is 14.7 Å². The lowest BCUT2D eigenvalue weighted by atomic mass is 10.3. The van der Waals surface area contributed by atoms with Crippen molar-refractivity contribution in [1.29, 1.82) is 0 Å². The summed E-state index contributed by atoms with van der Waals surface area (Å²) in [6.07, 6.45) is -0.0146. The van der Waals surface area contributed by atoms with Crippen molar-refractivity contribution >= 4 is 17.7 Å². The molecular weight excluding hydrogens is 200 g/mol. The molecule has 0 unspecified atom stereocenters. The van der Waals surface area contributed by atoms with Crippen LogP contribution in [0.3, 0.4) is 0 Å². The Balaban J connectivity index is 2.50. The fourth-order valence-electron chi connectivity index (χ4n) is 0.855. The number of primary amides is 1. The van der Waals surface area contributed by atoms with Gasteiger partial charge in [-0.1, -0.05) is 0 Å². The van der Waals surface area contributed by atoms with E-state index in [-0.39, 0.29) is 18.7 Å². The van der Waals surface area contributed by atoms with Gasteiger partial charge in [0.1, 0.15) is 5.82 Å². The molecule has 0 atom stereocenters. The molecule has 0 aliphatic carbocycles. The fraction of sp³-hybridized carbons (Fsp3) is 0.250. The minimum atomic E-state index is -0.899. The second-order valence-corrected chi connectivity index (χ2v) is 2.74. The Bertz CT molecular complexity index is 363. The van der Waals surface area contributed by atoms with Gasteiger partial charge in [0.2, 0.25) is 0 Å². The van der Waals surface area contributed by atoms with Crippen molar-refractivity contribution in [2.45, 2.75) is 6.42 Å². The largest absolute Gasteiger partial charge is 0.481 e. The first-order valence-corrected chi connectivity index (χ1v) is 4.19. The highest BCUT2D eigenvalue weighted by Gasteiger charge is 2.03. The number of amides is 1. The molecule has 0 fully saturated rings. The molecule has 0 aromatic carbocycles. The van der Waals surface area contributed by atoms with E-state index in [9.17, 15) is 9.59 Å². The van der Waals surface area contributed by atoms with E-state index in [0.29, 0.717) is 5.82 Å². The highest BCUT2D eigenvalue weighted by molar-refractivity contribution is 5.90. The molecule has 0 saturated carbocycles. The lowest BCUT2D eigenvalue weighted by Crippen LogP contribution is -2.15. The summed E-state index contributed by atoms with van der Waals surface area (Å²) in [4.78, 5) is 20.8. The lowest BCUT2D eigenvalue weighted by Gasteiger charge is -2.02.